The van der Waals surface area contributed by atoms with Crippen molar-refractivity contribution in [1.82, 2.24) is 0 Å². The molecule has 0 saturated heterocycles. The first kappa shape index (κ1) is 14.0. The second-order valence-corrected chi connectivity index (χ2v) is 4.86. The Morgan fingerprint density at radius 1 is 1.35 bits per heavy atom. The standard InChI is InChI=1S/C14H23NO2/c1-4-17-13-8-6-5-7-11(13)12(9-10-16)14(2,3)15/h5-8,12,16H,4,9-10,15H2,1-3H3. The summed E-state index contributed by atoms with van der Waals surface area (Å²) in [6.45, 7) is 6.69. The average Bonchev–Trinajstić information content (AvgIpc) is 2.26. The lowest BCUT2D eigenvalue weighted by molar-refractivity contribution is 0.246. The highest BCUT2D eigenvalue weighted by atomic mass is 16.5. The molecule has 1 aromatic carbocycles. The largest absolute Gasteiger partial charge is 0.494 e. The molecule has 0 radical (unpaired) electrons. The highest BCUT2D eigenvalue weighted by molar-refractivity contribution is 5.38. The molecule has 17 heavy (non-hydrogen) atoms. The minimum Gasteiger partial charge on any atom is -0.494 e. The fourth-order valence-corrected chi connectivity index (χ4v) is 2.11. The van der Waals surface area contributed by atoms with E-state index in [1.807, 2.05) is 45.0 Å². The van der Waals surface area contributed by atoms with Crippen LogP contribution in [0.2, 0.25) is 0 Å². The van der Waals surface area contributed by atoms with Gasteiger partial charge in [-0.1, -0.05) is 18.2 Å². The van der Waals surface area contributed by atoms with E-state index >= 15 is 0 Å². The van der Waals surface area contributed by atoms with Crippen molar-refractivity contribution in [1.29, 1.82) is 0 Å². The normalized spacial score (nSPS) is 13.5. The van der Waals surface area contributed by atoms with Crippen molar-refractivity contribution in [2.24, 2.45) is 5.73 Å². The predicted octanol–water partition coefficient (Wildman–Crippen LogP) is 2.29. The van der Waals surface area contributed by atoms with Crippen molar-refractivity contribution in [3.05, 3.63) is 29.8 Å². The van der Waals surface area contributed by atoms with Crippen LogP contribution in [0.1, 0.15) is 38.7 Å². The molecule has 1 rings (SSSR count). The molecule has 3 heteroatoms. The molecule has 0 fully saturated rings. The lowest BCUT2D eigenvalue weighted by Crippen LogP contribution is -2.40. The number of nitrogens with two attached hydrogens (primary N) is 1. The van der Waals surface area contributed by atoms with Gasteiger partial charge in [-0.05, 0) is 38.8 Å². The van der Waals surface area contributed by atoms with Crippen LogP contribution in [0.15, 0.2) is 24.3 Å². The van der Waals surface area contributed by atoms with Gasteiger partial charge in [0.15, 0.2) is 0 Å². The van der Waals surface area contributed by atoms with Crippen LogP contribution in [0, 0.1) is 0 Å². The molecule has 0 heterocycles. The summed E-state index contributed by atoms with van der Waals surface area (Å²) in [5.74, 6) is 0.960. The first-order valence-corrected chi connectivity index (χ1v) is 6.12. The molecule has 0 aliphatic heterocycles. The fraction of sp³-hybridized carbons (Fsp3) is 0.571. The Morgan fingerprint density at radius 3 is 2.53 bits per heavy atom. The minimum atomic E-state index is -0.379. The molecule has 0 aromatic heterocycles. The zero-order chi connectivity index (χ0) is 12.9. The summed E-state index contributed by atoms with van der Waals surface area (Å²) < 4.78 is 5.62. The first-order valence-electron chi connectivity index (χ1n) is 6.12. The van der Waals surface area contributed by atoms with Gasteiger partial charge in [0.1, 0.15) is 5.75 Å². The number of hydrogen-bond acceptors (Lipinski definition) is 3. The van der Waals surface area contributed by atoms with E-state index in [-0.39, 0.29) is 18.1 Å². The molecule has 0 bridgehead atoms. The number of benzene rings is 1. The molecule has 1 aromatic rings. The summed E-state index contributed by atoms with van der Waals surface area (Å²) >= 11 is 0. The number of ether oxygens (including phenoxy) is 1. The van der Waals surface area contributed by atoms with Crippen molar-refractivity contribution in [2.75, 3.05) is 13.2 Å². The number of aliphatic hydroxyl groups is 1. The van der Waals surface area contributed by atoms with Crippen molar-refractivity contribution in [3.8, 4) is 5.75 Å². The zero-order valence-electron chi connectivity index (χ0n) is 10.9. The molecule has 96 valence electrons. The van der Waals surface area contributed by atoms with Gasteiger partial charge in [0.25, 0.3) is 0 Å². The van der Waals surface area contributed by atoms with Gasteiger partial charge in [0.2, 0.25) is 0 Å². The topological polar surface area (TPSA) is 55.5 Å². The Morgan fingerprint density at radius 2 is 2.00 bits per heavy atom. The lowest BCUT2D eigenvalue weighted by Gasteiger charge is -2.31. The molecule has 3 nitrogen and oxygen atoms in total. The molecule has 0 saturated carbocycles. The number of para-hydroxylation sites is 1. The maximum atomic E-state index is 9.19. The summed E-state index contributed by atoms with van der Waals surface area (Å²) in [5, 5.41) is 9.19. The Balaban J connectivity index is 3.09. The summed E-state index contributed by atoms with van der Waals surface area (Å²) in [7, 11) is 0. The summed E-state index contributed by atoms with van der Waals surface area (Å²) in [5.41, 5.74) is 6.90. The third-order valence-electron chi connectivity index (χ3n) is 2.91. The van der Waals surface area contributed by atoms with E-state index in [1.165, 1.54) is 0 Å². The number of rotatable bonds is 6. The average molecular weight is 237 g/mol. The van der Waals surface area contributed by atoms with E-state index in [2.05, 4.69) is 0 Å². The quantitative estimate of drug-likeness (QED) is 0.798. The highest BCUT2D eigenvalue weighted by Crippen LogP contribution is 2.35. The molecule has 1 unspecified atom stereocenters. The third kappa shape index (κ3) is 3.72. The van der Waals surface area contributed by atoms with Crippen LogP contribution in [0.5, 0.6) is 5.75 Å². The van der Waals surface area contributed by atoms with Gasteiger partial charge >= 0.3 is 0 Å². The van der Waals surface area contributed by atoms with Crippen LogP contribution in [-0.4, -0.2) is 23.9 Å². The highest BCUT2D eigenvalue weighted by Gasteiger charge is 2.28. The van der Waals surface area contributed by atoms with Crippen LogP contribution < -0.4 is 10.5 Å². The van der Waals surface area contributed by atoms with Gasteiger partial charge < -0.3 is 15.6 Å². The van der Waals surface area contributed by atoms with E-state index in [0.717, 1.165) is 11.3 Å². The Bertz CT molecular complexity index is 344. The lowest BCUT2D eigenvalue weighted by atomic mass is 9.80. The smallest absolute Gasteiger partial charge is 0.122 e. The Hall–Kier alpha value is -1.06. The third-order valence-corrected chi connectivity index (χ3v) is 2.91. The molecule has 0 spiro atoms. The SMILES string of the molecule is CCOc1ccccc1C(CCO)C(C)(C)N. The monoisotopic (exact) mass is 237 g/mol. The van der Waals surface area contributed by atoms with Crippen molar-refractivity contribution in [3.63, 3.8) is 0 Å². The number of hydrogen-bond donors (Lipinski definition) is 2. The van der Waals surface area contributed by atoms with Gasteiger partial charge in [0, 0.05) is 18.1 Å². The van der Waals surface area contributed by atoms with Gasteiger partial charge in [0.05, 0.1) is 6.61 Å². The van der Waals surface area contributed by atoms with Gasteiger partial charge in [-0.25, -0.2) is 0 Å². The predicted molar refractivity (Wildman–Crippen MR) is 70.3 cm³/mol. The second kappa shape index (κ2) is 6.03. The van der Waals surface area contributed by atoms with Crippen LogP contribution in [0.25, 0.3) is 0 Å². The Labute approximate surface area is 104 Å². The van der Waals surface area contributed by atoms with E-state index in [1.54, 1.807) is 0 Å². The number of aliphatic hydroxyl groups excluding tert-OH is 1. The first-order chi connectivity index (χ1) is 8.00. The summed E-state index contributed by atoms with van der Waals surface area (Å²) in [6.07, 6.45) is 0.646. The van der Waals surface area contributed by atoms with Gasteiger partial charge in [-0.3, -0.25) is 0 Å². The molecular weight excluding hydrogens is 214 g/mol. The van der Waals surface area contributed by atoms with Crippen LogP contribution in [-0.2, 0) is 0 Å². The maximum Gasteiger partial charge on any atom is 0.122 e. The van der Waals surface area contributed by atoms with E-state index < -0.39 is 0 Å². The molecule has 0 amide bonds. The van der Waals surface area contributed by atoms with E-state index in [4.69, 9.17) is 10.5 Å². The van der Waals surface area contributed by atoms with E-state index in [0.29, 0.717) is 13.0 Å². The molecule has 0 aliphatic rings. The Kier molecular flexibility index (Phi) is 4.97. The van der Waals surface area contributed by atoms with Gasteiger partial charge in [-0.2, -0.15) is 0 Å². The van der Waals surface area contributed by atoms with Crippen molar-refractivity contribution in [2.45, 2.75) is 38.6 Å². The molecule has 0 aliphatic carbocycles. The molecule has 1 atom stereocenters. The molecule has 3 N–H and O–H groups in total. The van der Waals surface area contributed by atoms with Crippen LogP contribution >= 0.6 is 0 Å². The van der Waals surface area contributed by atoms with E-state index in [9.17, 15) is 5.11 Å². The second-order valence-electron chi connectivity index (χ2n) is 4.86. The van der Waals surface area contributed by atoms with Crippen molar-refractivity contribution >= 4 is 0 Å². The van der Waals surface area contributed by atoms with Gasteiger partial charge in [-0.15, -0.1) is 0 Å². The fourth-order valence-electron chi connectivity index (χ4n) is 2.11. The molecular formula is C14H23NO2. The summed E-state index contributed by atoms with van der Waals surface area (Å²) in [6, 6.07) is 7.91. The summed E-state index contributed by atoms with van der Waals surface area (Å²) in [4.78, 5) is 0. The van der Waals surface area contributed by atoms with Crippen LogP contribution in [0.4, 0.5) is 0 Å². The maximum absolute atomic E-state index is 9.19. The zero-order valence-corrected chi connectivity index (χ0v) is 10.9. The van der Waals surface area contributed by atoms with Crippen LogP contribution in [0.3, 0.4) is 0 Å². The minimum absolute atomic E-state index is 0.0928. The van der Waals surface area contributed by atoms with Crippen molar-refractivity contribution < 1.29 is 9.84 Å².